The average molecular weight is 416 g/mol. The second kappa shape index (κ2) is 9.52. The Labute approximate surface area is 173 Å². The summed E-state index contributed by atoms with van der Waals surface area (Å²) in [6.07, 6.45) is 2.55. The summed E-state index contributed by atoms with van der Waals surface area (Å²) in [4.78, 5) is 14.9. The third-order valence-electron chi connectivity index (χ3n) is 5.21. The predicted octanol–water partition coefficient (Wildman–Crippen LogP) is 2.53. The lowest BCUT2D eigenvalue weighted by atomic mass is 10.1. The Morgan fingerprint density at radius 2 is 1.59 bits per heavy atom. The van der Waals surface area contributed by atoms with E-state index in [1.54, 1.807) is 24.3 Å². The summed E-state index contributed by atoms with van der Waals surface area (Å²) < 4.78 is 26.2. The maximum absolute atomic E-state index is 12.6. The van der Waals surface area contributed by atoms with Crippen LogP contribution in [0.3, 0.4) is 0 Å². The Bertz CT molecular complexity index is 919. The summed E-state index contributed by atoms with van der Waals surface area (Å²) in [5, 5.41) is 2.80. The third-order valence-corrected chi connectivity index (χ3v) is 7.03. The van der Waals surface area contributed by atoms with E-state index in [0.29, 0.717) is 6.54 Å². The number of likely N-dealkylation sites (N-methyl/N-ethyl adjacent to an activating group) is 1. The van der Waals surface area contributed by atoms with Crippen molar-refractivity contribution in [2.24, 2.45) is 0 Å². The third kappa shape index (κ3) is 5.88. The number of sulfonamides is 1. The van der Waals surface area contributed by atoms with Crippen LogP contribution in [0.4, 0.5) is 0 Å². The first-order valence-electron chi connectivity index (χ1n) is 9.94. The van der Waals surface area contributed by atoms with Crippen molar-refractivity contribution in [1.29, 1.82) is 0 Å². The monoisotopic (exact) mass is 415 g/mol. The Hall–Kier alpha value is -2.22. The maximum Gasteiger partial charge on any atom is 0.243 e. The SMILES string of the molecule is Cc1ccc(S(=O)(=O)N(C)CC(=O)NCc2ccc(CN3CCCC3)cc2)cc1. The van der Waals surface area contributed by atoms with Gasteiger partial charge in [-0.3, -0.25) is 9.69 Å². The lowest BCUT2D eigenvalue weighted by Gasteiger charge is -2.17. The minimum absolute atomic E-state index is 0.187. The topological polar surface area (TPSA) is 69.7 Å². The van der Waals surface area contributed by atoms with Gasteiger partial charge in [-0.2, -0.15) is 4.31 Å². The van der Waals surface area contributed by atoms with E-state index in [-0.39, 0.29) is 17.3 Å². The fourth-order valence-corrected chi connectivity index (χ4v) is 4.52. The van der Waals surface area contributed by atoms with Crippen LogP contribution in [0, 0.1) is 6.92 Å². The van der Waals surface area contributed by atoms with Crippen molar-refractivity contribution in [2.45, 2.75) is 37.8 Å². The van der Waals surface area contributed by atoms with Crippen molar-refractivity contribution < 1.29 is 13.2 Å². The number of nitrogens with one attached hydrogen (secondary N) is 1. The molecule has 0 aliphatic carbocycles. The van der Waals surface area contributed by atoms with Crippen molar-refractivity contribution in [2.75, 3.05) is 26.7 Å². The van der Waals surface area contributed by atoms with Crippen LogP contribution in [0.15, 0.2) is 53.4 Å². The molecule has 1 fully saturated rings. The van der Waals surface area contributed by atoms with Crippen LogP contribution >= 0.6 is 0 Å². The Morgan fingerprint density at radius 3 is 2.21 bits per heavy atom. The van der Waals surface area contributed by atoms with Crippen molar-refractivity contribution >= 4 is 15.9 Å². The molecule has 1 aliphatic heterocycles. The molecule has 2 aromatic rings. The highest BCUT2D eigenvalue weighted by Gasteiger charge is 2.22. The van der Waals surface area contributed by atoms with Gasteiger partial charge in [0.05, 0.1) is 11.4 Å². The lowest BCUT2D eigenvalue weighted by Crippen LogP contribution is -2.38. The van der Waals surface area contributed by atoms with Crippen molar-refractivity contribution in [3.8, 4) is 0 Å². The highest BCUT2D eigenvalue weighted by molar-refractivity contribution is 7.89. The maximum atomic E-state index is 12.6. The fourth-order valence-electron chi connectivity index (χ4n) is 3.40. The molecule has 0 spiro atoms. The van der Waals surface area contributed by atoms with E-state index < -0.39 is 10.0 Å². The molecule has 0 unspecified atom stereocenters. The standard InChI is InChI=1S/C22H29N3O3S/c1-18-5-11-21(12-6-18)29(27,28)24(2)17-22(26)23-15-19-7-9-20(10-8-19)16-25-13-3-4-14-25/h5-12H,3-4,13-17H2,1-2H3,(H,23,26). The first-order valence-corrected chi connectivity index (χ1v) is 11.4. The molecular formula is C22H29N3O3S. The Kier molecular flexibility index (Phi) is 7.05. The zero-order chi connectivity index (χ0) is 20.9. The molecule has 1 N–H and O–H groups in total. The molecule has 0 aromatic heterocycles. The van der Waals surface area contributed by atoms with Gasteiger partial charge in [-0.25, -0.2) is 8.42 Å². The van der Waals surface area contributed by atoms with E-state index in [2.05, 4.69) is 22.3 Å². The highest BCUT2D eigenvalue weighted by atomic mass is 32.2. The summed E-state index contributed by atoms with van der Waals surface area (Å²) in [5.74, 6) is -0.329. The molecule has 0 atom stereocenters. The zero-order valence-corrected chi connectivity index (χ0v) is 17.9. The van der Waals surface area contributed by atoms with E-state index >= 15 is 0 Å². The predicted molar refractivity (Wildman–Crippen MR) is 114 cm³/mol. The minimum atomic E-state index is -3.68. The molecule has 3 rings (SSSR count). The minimum Gasteiger partial charge on any atom is -0.351 e. The van der Waals surface area contributed by atoms with Crippen LogP contribution in [0.1, 0.15) is 29.5 Å². The second-order valence-corrected chi connectivity index (χ2v) is 9.70. The van der Waals surface area contributed by atoms with Crippen molar-refractivity contribution in [3.05, 3.63) is 65.2 Å². The Balaban J connectivity index is 1.49. The van der Waals surface area contributed by atoms with Crippen LogP contribution in [0.2, 0.25) is 0 Å². The van der Waals surface area contributed by atoms with Crippen LogP contribution in [-0.2, 0) is 27.9 Å². The number of aryl methyl sites for hydroxylation is 1. The van der Waals surface area contributed by atoms with Gasteiger partial charge in [0.2, 0.25) is 15.9 Å². The quantitative estimate of drug-likeness (QED) is 0.719. The molecule has 29 heavy (non-hydrogen) atoms. The average Bonchev–Trinajstić information content (AvgIpc) is 3.21. The molecule has 1 aliphatic rings. The molecule has 0 saturated carbocycles. The van der Waals surface area contributed by atoms with Gasteiger partial charge in [0, 0.05) is 20.1 Å². The van der Waals surface area contributed by atoms with Crippen LogP contribution in [0.5, 0.6) is 0 Å². The number of hydrogen-bond donors (Lipinski definition) is 1. The first-order chi connectivity index (χ1) is 13.8. The van der Waals surface area contributed by atoms with Gasteiger partial charge in [0.25, 0.3) is 0 Å². The van der Waals surface area contributed by atoms with Gasteiger partial charge in [0.15, 0.2) is 0 Å². The number of likely N-dealkylation sites (tertiary alicyclic amines) is 1. The van der Waals surface area contributed by atoms with Crippen LogP contribution < -0.4 is 5.32 Å². The van der Waals surface area contributed by atoms with E-state index in [0.717, 1.165) is 35.1 Å². The smallest absolute Gasteiger partial charge is 0.243 e. The van der Waals surface area contributed by atoms with Gasteiger partial charge < -0.3 is 5.32 Å². The molecule has 1 heterocycles. The van der Waals surface area contributed by atoms with E-state index in [9.17, 15) is 13.2 Å². The number of rotatable bonds is 8. The molecule has 6 nitrogen and oxygen atoms in total. The second-order valence-electron chi connectivity index (χ2n) is 7.65. The van der Waals surface area contributed by atoms with Crippen LogP contribution in [0.25, 0.3) is 0 Å². The summed E-state index contributed by atoms with van der Waals surface area (Å²) in [5.41, 5.74) is 3.24. The fraction of sp³-hybridized carbons (Fsp3) is 0.409. The van der Waals surface area contributed by atoms with Crippen LogP contribution in [-0.4, -0.2) is 50.2 Å². The Morgan fingerprint density at radius 1 is 1.00 bits per heavy atom. The first kappa shape index (κ1) is 21.5. The molecule has 1 saturated heterocycles. The lowest BCUT2D eigenvalue weighted by molar-refractivity contribution is -0.121. The summed E-state index contributed by atoms with van der Waals surface area (Å²) in [7, 11) is -2.26. The summed E-state index contributed by atoms with van der Waals surface area (Å²) in [6, 6.07) is 14.8. The molecule has 1 amide bonds. The van der Waals surface area contributed by atoms with E-state index in [1.165, 1.54) is 25.5 Å². The van der Waals surface area contributed by atoms with Gasteiger partial charge >= 0.3 is 0 Å². The molecule has 156 valence electrons. The molecule has 0 bridgehead atoms. The molecular weight excluding hydrogens is 386 g/mol. The van der Waals surface area contributed by atoms with Gasteiger partial charge in [-0.1, -0.05) is 42.0 Å². The number of hydrogen-bond acceptors (Lipinski definition) is 4. The normalized spacial score (nSPS) is 15.0. The van der Waals surface area contributed by atoms with Gasteiger partial charge in [-0.15, -0.1) is 0 Å². The molecule has 2 aromatic carbocycles. The number of amides is 1. The van der Waals surface area contributed by atoms with Crippen molar-refractivity contribution in [1.82, 2.24) is 14.5 Å². The summed E-state index contributed by atoms with van der Waals surface area (Å²) >= 11 is 0. The van der Waals surface area contributed by atoms with Gasteiger partial charge in [-0.05, 0) is 56.1 Å². The zero-order valence-electron chi connectivity index (χ0n) is 17.1. The van der Waals surface area contributed by atoms with Gasteiger partial charge in [0.1, 0.15) is 0 Å². The molecule has 7 heteroatoms. The number of benzene rings is 2. The molecule has 0 radical (unpaired) electrons. The van der Waals surface area contributed by atoms with E-state index in [1.807, 2.05) is 19.1 Å². The van der Waals surface area contributed by atoms with Crippen molar-refractivity contribution in [3.63, 3.8) is 0 Å². The summed E-state index contributed by atoms with van der Waals surface area (Å²) in [6.45, 7) is 5.35. The number of nitrogens with zero attached hydrogens (tertiary/aromatic N) is 2. The largest absolute Gasteiger partial charge is 0.351 e. The number of carbonyl (C=O) groups excluding carboxylic acids is 1. The van der Waals surface area contributed by atoms with E-state index in [4.69, 9.17) is 0 Å². The number of carbonyl (C=O) groups is 1. The highest BCUT2D eigenvalue weighted by Crippen LogP contribution is 2.15.